The van der Waals surface area contributed by atoms with E-state index in [0.29, 0.717) is 5.75 Å². The molecular formula is C23H31FNO2+. The van der Waals surface area contributed by atoms with Crippen LogP contribution in [0.2, 0.25) is 0 Å². The summed E-state index contributed by atoms with van der Waals surface area (Å²) < 4.78 is 19.6. The van der Waals surface area contributed by atoms with E-state index in [-0.39, 0.29) is 16.8 Å². The maximum atomic E-state index is 13.5. The minimum Gasteiger partial charge on any atom is -0.507 e. The van der Waals surface area contributed by atoms with Crippen molar-refractivity contribution in [3.8, 4) is 5.75 Å². The summed E-state index contributed by atoms with van der Waals surface area (Å²) in [4.78, 5) is 0. The van der Waals surface area contributed by atoms with Crippen molar-refractivity contribution in [3.63, 3.8) is 0 Å². The molecule has 0 unspecified atom stereocenters. The lowest BCUT2D eigenvalue weighted by Crippen LogP contribution is -2.83. The van der Waals surface area contributed by atoms with Gasteiger partial charge in [-0.3, -0.25) is 0 Å². The van der Waals surface area contributed by atoms with E-state index in [1.54, 1.807) is 18.2 Å². The van der Waals surface area contributed by atoms with Crippen molar-refractivity contribution in [2.24, 2.45) is 0 Å². The Balaban J connectivity index is 1.72. The number of benzene rings is 2. The van der Waals surface area contributed by atoms with E-state index >= 15 is 0 Å². The number of halogens is 1. The highest BCUT2D eigenvalue weighted by molar-refractivity contribution is 5.31. The predicted molar refractivity (Wildman–Crippen MR) is 105 cm³/mol. The highest BCUT2D eigenvalue weighted by Crippen LogP contribution is 2.45. The summed E-state index contributed by atoms with van der Waals surface area (Å²) in [5.74, 6) is 0.164. The average Bonchev–Trinajstić information content (AvgIpc) is 2.67. The number of phenols is 1. The fourth-order valence-electron chi connectivity index (χ4n) is 4.30. The van der Waals surface area contributed by atoms with Gasteiger partial charge in [-0.25, -0.2) is 4.39 Å². The molecule has 1 aliphatic heterocycles. The van der Waals surface area contributed by atoms with Crippen molar-refractivity contribution in [1.29, 1.82) is 0 Å². The summed E-state index contributed by atoms with van der Waals surface area (Å²) >= 11 is 0. The van der Waals surface area contributed by atoms with Gasteiger partial charge >= 0.3 is 0 Å². The molecule has 1 fully saturated rings. The van der Waals surface area contributed by atoms with E-state index in [1.165, 1.54) is 5.56 Å². The molecule has 2 aromatic rings. The number of ether oxygens (including phenoxy) is 1. The molecule has 2 aromatic carbocycles. The number of rotatable bonds is 7. The van der Waals surface area contributed by atoms with E-state index in [9.17, 15) is 9.50 Å². The Morgan fingerprint density at radius 1 is 1.15 bits per heavy atom. The van der Waals surface area contributed by atoms with E-state index < -0.39 is 0 Å². The second-order valence-corrected chi connectivity index (χ2v) is 8.03. The van der Waals surface area contributed by atoms with Crippen LogP contribution in [0.5, 0.6) is 5.75 Å². The normalized spacial score (nSPS) is 25.4. The molecule has 0 aromatic heterocycles. The predicted octanol–water partition coefficient (Wildman–Crippen LogP) is 3.90. The van der Waals surface area contributed by atoms with Gasteiger partial charge in [0.1, 0.15) is 18.1 Å². The Bertz CT molecular complexity index is 748. The van der Waals surface area contributed by atoms with Gasteiger partial charge in [-0.05, 0) is 56.0 Å². The first-order valence-electron chi connectivity index (χ1n) is 9.95. The molecule has 4 heteroatoms. The number of hydrogen-bond acceptors (Lipinski definition) is 2. The molecule has 3 N–H and O–H groups in total. The van der Waals surface area contributed by atoms with E-state index in [1.807, 2.05) is 30.3 Å². The van der Waals surface area contributed by atoms with Gasteiger partial charge in [-0.1, -0.05) is 31.2 Å². The van der Waals surface area contributed by atoms with Crippen LogP contribution in [0, 0.1) is 5.82 Å². The fraction of sp³-hybridized carbons (Fsp3) is 0.478. The third kappa shape index (κ3) is 4.69. The minimum absolute atomic E-state index is 0.00590. The van der Waals surface area contributed by atoms with Gasteiger partial charge in [0.25, 0.3) is 0 Å². The molecule has 0 saturated carbocycles. The number of phenolic OH excluding ortho intramolecular Hbond substituents is 1. The summed E-state index contributed by atoms with van der Waals surface area (Å²) in [7, 11) is 0. The van der Waals surface area contributed by atoms with Crippen molar-refractivity contribution < 1.29 is 19.6 Å². The zero-order chi connectivity index (χ0) is 19.3. The molecule has 3 nitrogen and oxygen atoms in total. The van der Waals surface area contributed by atoms with Crippen LogP contribution < -0.4 is 5.32 Å². The summed E-state index contributed by atoms with van der Waals surface area (Å²) in [6, 6.07) is 14.5. The lowest BCUT2D eigenvalue weighted by Gasteiger charge is -2.46. The first-order chi connectivity index (χ1) is 13.0. The third-order valence-electron chi connectivity index (χ3n) is 6.13. The Morgan fingerprint density at radius 3 is 2.59 bits per heavy atom. The molecule has 0 bridgehead atoms. The SMILES string of the molecule is CC[C@@]1(C)C[C@](CC[NH2+]Cc2ccccc2O)(c2ccc(F)cc2)CCO1. The number of para-hydroxylation sites is 1. The maximum Gasteiger partial charge on any atom is 0.124 e. The highest BCUT2D eigenvalue weighted by Gasteiger charge is 2.43. The zero-order valence-electron chi connectivity index (χ0n) is 16.4. The summed E-state index contributed by atoms with van der Waals surface area (Å²) in [6.45, 7) is 6.81. The molecule has 0 spiro atoms. The van der Waals surface area contributed by atoms with Crippen molar-refractivity contribution in [1.82, 2.24) is 0 Å². The first kappa shape index (κ1) is 19.8. The molecular weight excluding hydrogens is 341 g/mol. The van der Waals surface area contributed by atoms with Crippen LogP contribution in [-0.4, -0.2) is 23.9 Å². The summed E-state index contributed by atoms with van der Waals surface area (Å²) in [5.41, 5.74) is 2.04. The van der Waals surface area contributed by atoms with Crippen LogP contribution in [0.4, 0.5) is 4.39 Å². The Labute approximate surface area is 161 Å². The molecule has 1 heterocycles. The average molecular weight is 373 g/mol. The van der Waals surface area contributed by atoms with Crippen LogP contribution in [0.1, 0.15) is 50.7 Å². The first-order valence-corrected chi connectivity index (χ1v) is 9.95. The summed E-state index contributed by atoms with van der Waals surface area (Å²) in [6.07, 6.45) is 3.88. The molecule has 1 saturated heterocycles. The minimum atomic E-state index is -0.190. The topological polar surface area (TPSA) is 46.1 Å². The standard InChI is InChI=1S/C23H30FNO2/c1-3-22(2)17-23(13-15-27-22,19-8-10-20(24)11-9-19)12-14-25-16-18-6-4-5-7-21(18)26/h4-11,25-26H,3,12-17H2,1-2H3/p+1/t22-,23+/m0/s1. The van der Waals surface area contributed by atoms with E-state index in [2.05, 4.69) is 19.2 Å². The van der Waals surface area contributed by atoms with E-state index in [0.717, 1.165) is 50.9 Å². The van der Waals surface area contributed by atoms with Gasteiger partial charge in [0.2, 0.25) is 0 Å². The molecule has 0 aliphatic carbocycles. The molecule has 0 radical (unpaired) electrons. The molecule has 3 rings (SSSR count). The van der Waals surface area contributed by atoms with Gasteiger partial charge in [-0.2, -0.15) is 0 Å². The number of hydrogen-bond donors (Lipinski definition) is 2. The van der Waals surface area contributed by atoms with Crippen molar-refractivity contribution in [2.45, 2.75) is 57.1 Å². The van der Waals surface area contributed by atoms with Gasteiger partial charge in [0.05, 0.1) is 12.1 Å². The van der Waals surface area contributed by atoms with Gasteiger partial charge in [0, 0.05) is 24.0 Å². The zero-order valence-corrected chi connectivity index (χ0v) is 16.4. The molecule has 146 valence electrons. The molecule has 0 amide bonds. The third-order valence-corrected chi connectivity index (χ3v) is 6.13. The Kier molecular flexibility index (Phi) is 6.18. The Morgan fingerprint density at radius 2 is 1.89 bits per heavy atom. The highest BCUT2D eigenvalue weighted by atomic mass is 19.1. The van der Waals surface area contributed by atoms with Gasteiger partial charge < -0.3 is 15.2 Å². The second-order valence-electron chi connectivity index (χ2n) is 8.03. The van der Waals surface area contributed by atoms with E-state index in [4.69, 9.17) is 4.74 Å². The smallest absolute Gasteiger partial charge is 0.124 e. The van der Waals surface area contributed by atoms with Crippen LogP contribution in [0.15, 0.2) is 48.5 Å². The summed E-state index contributed by atoms with van der Waals surface area (Å²) in [5, 5.41) is 12.2. The Hall–Kier alpha value is -1.91. The van der Waals surface area contributed by atoms with Crippen LogP contribution >= 0.6 is 0 Å². The number of quaternary nitrogens is 1. The number of nitrogens with two attached hydrogens (primary N) is 1. The molecule has 1 aliphatic rings. The van der Waals surface area contributed by atoms with Crippen molar-refractivity contribution in [2.75, 3.05) is 13.2 Å². The lowest BCUT2D eigenvalue weighted by atomic mass is 9.66. The van der Waals surface area contributed by atoms with Crippen LogP contribution in [0.3, 0.4) is 0 Å². The van der Waals surface area contributed by atoms with Crippen LogP contribution in [0.25, 0.3) is 0 Å². The van der Waals surface area contributed by atoms with Gasteiger partial charge in [0.15, 0.2) is 0 Å². The lowest BCUT2D eigenvalue weighted by molar-refractivity contribution is -0.672. The quantitative estimate of drug-likeness (QED) is 0.724. The number of aromatic hydroxyl groups is 1. The van der Waals surface area contributed by atoms with Crippen molar-refractivity contribution >= 4 is 0 Å². The molecule has 27 heavy (non-hydrogen) atoms. The fourth-order valence-corrected chi connectivity index (χ4v) is 4.30. The van der Waals surface area contributed by atoms with Crippen molar-refractivity contribution in [3.05, 3.63) is 65.5 Å². The molecule has 2 atom stereocenters. The van der Waals surface area contributed by atoms with Crippen LogP contribution in [-0.2, 0) is 16.7 Å². The second kappa shape index (κ2) is 8.41. The van der Waals surface area contributed by atoms with Gasteiger partial charge in [-0.15, -0.1) is 0 Å². The maximum absolute atomic E-state index is 13.5. The largest absolute Gasteiger partial charge is 0.507 e. The monoisotopic (exact) mass is 372 g/mol.